The molecular weight excluding hydrogens is 438 g/mol. The van der Waals surface area contributed by atoms with Crippen molar-refractivity contribution < 1.29 is 18.5 Å². The van der Waals surface area contributed by atoms with Crippen molar-refractivity contribution in [3.63, 3.8) is 0 Å². The van der Waals surface area contributed by atoms with Gasteiger partial charge in [0.2, 0.25) is 0 Å². The van der Waals surface area contributed by atoms with Gasteiger partial charge in [-0.3, -0.25) is 4.21 Å². The number of aliphatic imine (C=N–C) groups is 1. The SMILES string of the molecule is CS(=O)c1ccc(COC2=CN=C(N3CCN(C(=O)OC(C)(C)C)CC3)CCCC=C2)cc1. The van der Waals surface area contributed by atoms with Gasteiger partial charge in [-0.25, -0.2) is 9.79 Å². The third-order valence-corrected chi connectivity index (χ3v) is 6.29. The molecule has 1 aromatic carbocycles. The number of allylic oxidation sites excluding steroid dienone is 2. The molecule has 2 aliphatic rings. The van der Waals surface area contributed by atoms with Crippen molar-refractivity contribution >= 4 is 22.7 Å². The average molecular weight is 474 g/mol. The molecule has 0 aliphatic carbocycles. The summed E-state index contributed by atoms with van der Waals surface area (Å²) in [5.41, 5.74) is 0.530. The van der Waals surface area contributed by atoms with Gasteiger partial charge in [-0.2, -0.15) is 0 Å². The summed E-state index contributed by atoms with van der Waals surface area (Å²) in [5.74, 6) is 1.74. The molecule has 3 rings (SSSR count). The van der Waals surface area contributed by atoms with Crippen LogP contribution in [-0.2, 0) is 26.9 Å². The highest BCUT2D eigenvalue weighted by Gasteiger charge is 2.26. The molecule has 0 aromatic heterocycles. The average Bonchev–Trinajstić information content (AvgIpc) is 2.89. The predicted molar refractivity (Wildman–Crippen MR) is 131 cm³/mol. The maximum absolute atomic E-state index is 12.3. The minimum Gasteiger partial charge on any atom is -0.487 e. The lowest BCUT2D eigenvalue weighted by molar-refractivity contribution is 0.0186. The van der Waals surface area contributed by atoms with E-state index in [9.17, 15) is 9.00 Å². The minimum atomic E-state index is -0.982. The second-order valence-corrected chi connectivity index (χ2v) is 10.6. The molecular formula is C25H35N3O4S. The molecule has 0 radical (unpaired) electrons. The molecule has 2 aliphatic heterocycles. The van der Waals surface area contributed by atoms with E-state index in [1.54, 1.807) is 17.4 Å². The lowest BCUT2D eigenvalue weighted by atomic mass is 10.2. The first-order valence-electron chi connectivity index (χ1n) is 11.4. The summed E-state index contributed by atoms with van der Waals surface area (Å²) >= 11 is 0. The van der Waals surface area contributed by atoms with E-state index in [2.05, 4.69) is 11.0 Å². The Morgan fingerprint density at radius 2 is 1.82 bits per heavy atom. The number of ether oxygens (including phenoxy) is 2. The van der Waals surface area contributed by atoms with E-state index in [4.69, 9.17) is 14.5 Å². The number of carbonyl (C=O) groups is 1. The van der Waals surface area contributed by atoms with Crippen LogP contribution in [0.5, 0.6) is 0 Å². The zero-order valence-corrected chi connectivity index (χ0v) is 20.9. The molecule has 0 saturated carbocycles. The molecule has 1 unspecified atom stereocenters. The van der Waals surface area contributed by atoms with Gasteiger partial charge in [0.05, 0.1) is 6.20 Å². The number of hydrogen-bond acceptors (Lipinski definition) is 6. The predicted octanol–water partition coefficient (Wildman–Crippen LogP) is 4.47. The number of hydrogen-bond donors (Lipinski definition) is 0. The van der Waals surface area contributed by atoms with E-state index in [-0.39, 0.29) is 6.09 Å². The van der Waals surface area contributed by atoms with E-state index in [1.165, 1.54) is 0 Å². The van der Waals surface area contributed by atoms with Crippen LogP contribution in [0, 0.1) is 0 Å². The molecule has 0 spiro atoms. The Morgan fingerprint density at radius 1 is 1.12 bits per heavy atom. The lowest BCUT2D eigenvalue weighted by Crippen LogP contribution is -2.51. The molecule has 8 heteroatoms. The van der Waals surface area contributed by atoms with Gasteiger partial charge in [-0.15, -0.1) is 0 Å². The van der Waals surface area contributed by atoms with Crippen LogP contribution in [0.15, 0.2) is 58.3 Å². The molecule has 7 nitrogen and oxygen atoms in total. The highest BCUT2D eigenvalue weighted by atomic mass is 32.2. The van der Waals surface area contributed by atoms with Gasteiger partial charge in [0.25, 0.3) is 0 Å². The van der Waals surface area contributed by atoms with Gasteiger partial charge in [0.15, 0.2) is 0 Å². The number of carbonyl (C=O) groups excluding carboxylic acids is 1. The van der Waals surface area contributed by atoms with Crippen molar-refractivity contribution in [1.82, 2.24) is 9.80 Å². The third kappa shape index (κ3) is 8.03. The summed E-state index contributed by atoms with van der Waals surface area (Å²) < 4.78 is 23.0. The number of benzene rings is 1. The fraction of sp³-hybridized carbons (Fsp3) is 0.520. The van der Waals surface area contributed by atoms with E-state index < -0.39 is 16.4 Å². The molecule has 1 fully saturated rings. The van der Waals surface area contributed by atoms with Gasteiger partial charge >= 0.3 is 6.09 Å². The topological polar surface area (TPSA) is 71.4 Å². The molecule has 1 saturated heterocycles. The number of nitrogens with zero attached hydrogens (tertiary/aromatic N) is 3. The summed E-state index contributed by atoms with van der Waals surface area (Å²) in [7, 11) is -0.982. The largest absolute Gasteiger partial charge is 0.487 e. The Morgan fingerprint density at radius 3 is 2.45 bits per heavy atom. The summed E-state index contributed by atoms with van der Waals surface area (Å²) in [6.07, 6.45) is 10.1. The van der Waals surface area contributed by atoms with Crippen molar-refractivity contribution in [2.75, 3.05) is 32.4 Å². The van der Waals surface area contributed by atoms with Gasteiger partial charge in [0.1, 0.15) is 23.8 Å². The molecule has 1 amide bonds. The van der Waals surface area contributed by atoms with Crippen LogP contribution in [-0.4, -0.2) is 64.0 Å². The summed E-state index contributed by atoms with van der Waals surface area (Å²) in [4.78, 5) is 21.9. The number of piperazine rings is 1. The summed E-state index contributed by atoms with van der Waals surface area (Å²) in [6, 6.07) is 7.62. The first-order valence-corrected chi connectivity index (χ1v) is 13.0. The number of amides is 1. The first kappa shape index (κ1) is 25.0. The Bertz CT molecular complexity index is 924. The van der Waals surface area contributed by atoms with Gasteiger partial charge in [-0.05, 0) is 57.4 Å². The Balaban J connectivity index is 1.59. The number of rotatable bonds is 4. The van der Waals surface area contributed by atoms with Crippen molar-refractivity contribution in [3.05, 3.63) is 53.9 Å². The first-order chi connectivity index (χ1) is 15.7. The van der Waals surface area contributed by atoms with Crippen molar-refractivity contribution in [2.45, 2.75) is 57.1 Å². The van der Waals surface area contributed by atoms with Crippen LogP contribution in [0.3, 0.4) is 0 Å². The second kappa shape index (κ2) is 11.5. The molecule has 0 N–H and O–H groups in total. The lowest BCUT2D eigenvalue weighted by Gasteiger charge is -2.37. The Hall–Kier alpha value is -2.61. The zero-order chi connectivity index (χ0) is 23.8. The van der Waals surface area contributed by atoms with Crippen molar-refractivity contribution in [1.29, 1.82) is 0 Å². The van der Waals surface area contributed by atoms with E-state index in [0.29, 0.717) is 25.5 Å². The monoisotopic (exact) mass is 473 g/mol. The molecule has 2 heterocycles. The van der Waals surface area contributed by atoms with E-state index in [0.717, 1.165) is 48.6 Å². The minimum absolute atomic E-state index is 0.253. The van der Waals surface area contributed by atoms with Crippen LogP contribution >= 0.6 is 0 Å². The van der Waals surface area contributed by atoms with E-state index in [1.807, 2.05) is 51.1 Å². The van der Waals surface area contributed by atoms with Gasteiger partial charge in [0, 0.05) is 54.6 Å². The maximum Gasteiger partial charge on any atom is 0.410 e. The van der Waals surface area contributed by atoms with Crippen LogP contribution in [0.4, 0.5) is 4.79 Å². The quantitative estimate of drug-likeness (QED) is 0.645. The standard InChI is InChI=1S/C25H35N3O4S/c1-25(2,3)32-24(29)28-16-14-27(15-17-28)23-9-7-5-6-8-21(18-26-23)31-19-20-10-12-22(13-11-20)33(4)30/h6,8,10-13,18H,5,7,9,14-17,19H2,1-4H3. The molecule has 1 aromatic rings. The van der Waals surface area contributed by atoms with Gasteiger partial charge in [-0.1, -0.05) is 18.2 Å². The van der Waals surface area contributed by atoms with E-state index >= 15 is 0 Å². The second-order valence-electron chi connectivity index (χ2n) is 9.21. The third-order valence-electron chi connectivity index (χ3n) is 5.35. The zero-order valence-electron chi connectivity index (χ0n) is 20.1. The highest BCUT2D eigenvalue weighted by Crippen LogP contribution is 2.16. The smallest absolute Gasteiger partial charge is 0.410 e. The van der Waals surface area contributed by atoms with Gasteiger partial charge < -0.3 is 19.3 Å². The molecule has 0 bridgehead atoms. The maximum atomic E-state index is 12.3. The Kier molecular flexibility index (Phi) is 8.72. The van der Waals surface area contributed by atoms with Crippen molar-refractivity contribution in [3.8, 4) is 0 Å². The van der Waals surface area contributed by atoms with Crippen LogP contribution < -0.4 is 0 Å². The van der Waals surface area contributed by atoms with Crippen LogP contribution in [0.25, 0.3) is 0 Å². The summed E-state index contributed by atoms with van der Waals surface area (Å²) in [5, 5.41) is 0. The van der Waals surface area contributed by atoms with Crippen molar-refractivity contribution in [2.24, 2.45) is 4.99 Å². The molecule has 180 valence electrons. The number of amidine groups is 1. The van der Waals surface area contributed by atoms with Crippen LogP contribution in [0.1, 0.15) is 45.6 Å². The Labute approximate surface area is 199 Å². The molecule has 1 atom stereocenters. The molecule has 33 heavy (non-hydrogen) atoms. The fourth-order valence-corrected chi connectivity index (χ4v) is 4.09. The highest BCUT2D eigenvalue weighted by molar-refractivity contribution is 7.84. The van der Waals surface area contributed by atoms with Crippen LogP contribution in [0.2, 0.25) is 0 Å². The normalized spacial score (nSPS) is 18.4. The summed E-state index contributed by atoms with van der Waals surface area (Å²) in [6.45, 7) is 8.80. The fourth-order valence-electron chi connectivity index (χ4n) is 3.57.